The lowest BCUT2D eigenvalue weighted by molar-refractivity contribution is -0.104. The summed E-state index contributed by atoms with van der Waals surface area (Å²) in [5, 5.41) is 0. The lowest BCUT2D eigenvalue weighted by atomic mass is 10.1. The van der Waals surface area contributed by atoms with Gasteiger partial charge in [-0.2, -0.15) is 0 Å². The van der Waals surface area contributed by atoms with Crippen LogP contribution < -0.4 is 28.4 Å². The van der Waals surface area contributed by atoms with Gasteiger partial charge in [0.25, 0.3) is 0 Å². The van der Waals surface area contributed by atoms with Gasteiger partial charge in [0.1, 0.15) is 12.4 Å². The Hall–Kier alpha value is -3.35. The molecule has 2 rings (SSSR count). The van der Waals surface area contributed by atoms with Gasteiger partial charge in [-0.05, 0) is 48.4 Å². The molecule has 2 aromatic rings. The summed E-state index contributed by atoms with van der Waals surface area (Å²) in [7, 11) is 7.84. The zero-order valence-corrected chi connectivity index (χ0v) is 18.2. The highest BCUT2D eigenvalue weighted by molar-refractivity contribution is 5.75. The van der Waals surface area contributed by atoms with Gasteiger partial charge in [-0.1, -0.05) is 6.08 Å². The molecule has 0 aliphatic rings. The van der Waals surface area contributed by atoms with Gasteiger partial charge in [0.05, 0.1) is 35.5 Å². The van der Waals surface area contributed by atoms with Crippen molar-refractivity contribution in [3.05, 3.63) is 41.5 Å². The average Bonchev–Trinajstić information content (AvgIpc) is 2.77. The molecule has 7 nitrogen and oxygen atoms in total. The number of carbonyl (C=O) groups is 1. The van der Waals surface area contributed by atoms with Crippen molar-refractivity contribution in [3.63, 3.8) is 0 Å². The minimum Gasteiger partial charge on any atom is -0.493 e. The Bertz CT molecular complexity index is 839. The molecule has 7 heteroatoms. The summed E-state index contributed by atoms with van der Waals surface area (Å²) in [6.07, 6.45) is 4.15. The van der Waals surface area contributed by atoms with E-state index in [4.69, 9.17) is 28.4 Å². The molecule has 0 heterocycles. The minimum atomic E-state index is -0.216. The van der Waals surface area contributed by atoms with Crippen LogP contribution in [-0.4, -0.2) is 47.9 Å². The van der Waals surface area contributed by atoms with Gasteiger partial charge >= 0.3 is 0 Å². The van der Waals surface area contributed by atoms with Crippen LogP contribution in [0.2, 0.25) is 0 Å². The number of ether oxygens (including phenoxy) is 6. The van der Waals surface area contributed by atoms with E-state index >= 15 is 0 Å². The van der Waals surface area contributed by atoms with Crippen molar-refractivity contribution < 1.29 is 33.2 Å². The van der Waals surface area contributed by atoms with E-state index in [1.54, 1.807) is 53.8 Å². The Balaban J connectivity index is 2.31. The Morgan fingerprint density at radius 1 is 0.767 bits per heavy atom. The average molecular weight is 416 g/mol. The maximum absolute atomic E-state index is 10.6. The molecule has 30 heavy (non-hydrogen) atoms. The van der Waals surface area contributed by atoms with Gasteiger partial charge in [0.2, 0.25) is 11.5 Å². The van der Waals surface area contributed by atoms with Gasteiger partial charge in [-0.25, -0.2) is 0 Å². The molecule has 0 aromatic heterocycles. The molecule has 1 atom stereocenters. The van der Waals surface area contributed by atoms with Crippen molar-refractivity contribution in [3.8, 4) is 34.5 Å². The van der Waals surface area contributed by atoms with E-state index in [0.717, 1.165) is 11.1 Å². The summed E-state index contributed by atoms with van der Waals surface area (Å²) in [5.41, 5.74) is 1.72. The molecule has 0 radical (unpaired) electrons. The van der Waals surface area contributed by atoms with E-state index in [2.05, 4.69) is 0 Å². The molecule has 0 spiro atoms. The second-order valence-electron chi connectivity index (χ2n) is 6.42. The number of allylic oxidation sites excluding steroid dienone is 1. The Kier molecular flexibility index (Phi) is 8.41. The number of carbonyl (C=O) groups excluding carboxylic acids is 1. The van der Waals surface area contributed by atoms with Crippen molar-refractivity contribution in [2.75, 3.05) is 35.5 Å². The van der Waals surface area contributed by atoms with Gasteiger partial charge in [-0.3, -0.25) is 4.79 Å². The fourth-order valence-electron chi connectivity index (χ4n) is 3.09. The summed E-state index contributed by atoms with van der Waals surface area (Å²) in [5.74, 6) is 3.22. The van der Waals surface area contributed by atoms with Gasteiger partial charge < -0.3 is 28.4 Å². The maximum Gasteiger partial charge on any atom is 0.203 e. The molecule has 0 amide bonds. The van der Waals surface area contributed by atoms with Crippen LogP contribution in [0.15, 0.2) is 30.3 Å². The predicted molar refractivity (Wildman–Crippen MR) is 115 cm³/mol. The predicted octanol–water partition coefficient (Wildman–Crippen LogP) is 3.95. The minimum absolute atomic E-state index is 0.216. The molecule has 0 aliphatic heterocycles. The smallest absolute Gasteiger partial charge is 0.203 e. The summed E-state index contributed by atoms with van der Waals surface area (Å²) in [6.45, 7) is 1.95. The molecular formula is C23H28O7. The second-order valence-corrected chi connectivity index (χ2v) is 6.42. The Morgan fingerprint density at radius 2 is 1.27 bits per heavy atom. The van der Waals surface area contributed by atoms with Crippen LogP contribution in [-0.2, 0) is 11.2 Å². The molecule has 162 valence electrons. The van der Waals surface area contributed by atoms with E-state index in [1.807, 2.05) is 19.1 Å². The molecule has 2 aromatic carbocycles. The molecule has 0 saturated carbocycles. The zero-order valence-electron chi connectivity index (χ0n) is 18.2. The Morgan fingerprint density at radius 3 is 1.70 bits per heavy atom. The van der Waals surface area contributed by atoms with Gasteiger partial charge in [0.15, 0.2) is 23.0 Å². The largest absolute Gasteiger partial charge is 0.493 e. The highest BCUT2D eigenvalue weighted by Gasteiger charge is 2.19. The maximum atomic E-state index is 10.6. The number of aldehydes is 1. The molecule has 0 N–H and O–H groups in total. The number of rotatable bonds is 11. The first-order chi connectivity index (χ1) is 14.5. The third kappa shape index (κ3) is 5.37. The SMILES string of the molecule is COc1cc(C[C@H](C)Oc2c(OC)cc(C=CC=O)cc2OC)cc(OC)c1OC. The monoisotopic (exact) mass is 416 g/mol. The molecule has 0 fully saturated rings. The first kappa shape index (κ1) is 22.9. The lowest BCUT2D eigenvalue weighted by Crippen LogP contribution is -2.16. The van der Waals surface area contributed by atoms with Crippen LogP contribution in [0.25, 0.3) is 6.08 Å². The highest BCUT2D eigenvalue weighted by Crippen LogP contribution is 2.41. The van der Waals surface area contributed by atoms with Crippen molar-refractivity contribution in [2.24, 2.45) is 0 Å². The molecular weight excluding hydrogens is 388 g/mol. The highest BCUT2D eigenvalue weighted by atomic mass is 16.5. The number of benzene rings is 2. The number of hydrogen-bond acceptors (Lipinski definition) is 7. The first-order valence-electron chi connectivity index (χ1n) is 9.34. The quantitative estimate of drug-likeness (QED) is 0.406. The molecule has 0 saturated heterocycles. The van der Waals surface area contributed by atoms with E-state index < -0.39 is 0 Å². The van der Waals surface area contributed by atoms with Crippen molar-refractivity contribution in [2.45, 2.75) is 19.4 Å². The second kappa shape index (κ2) is 11.0. The summed E-state index contributed by atoms with van der Waals surface area (Å²) >= 11 is 0. The molecule has 0 aliphatic carbocycles. The van der Waals surface area contributed by atoms with E-state index in [1.165, 1.54) is 6.08 Å². The van der Waals surface area contributed by atoms with E-state index in [9.17, 15) is 4.79 Å². The zero-order chi connectivity index (χ0) is 22.1. The molecule has 0 bridgehead atoms. The van der Waals surface area contributed by atoms with Crippen molar-refractivity contribution in [1.82, 2.24) is 0 Å². The summed E-state index contributed by atoms with van der Waals surface area (Å²) in [6, 6.07) is 7.35. The van der Waals surface area contributed by atoms with Crippen LogP contribution in [0.5, 0.6) is 34.5 Å². The van der Waals surface area contributed by atoms with E-state index in [0.29, 0.717) is 47.2 Å². The number of methoxy groups -OCH3 is 5. The van der Waals surface area contributed by atoms with Crippen LogP contribution in [0.3, 0.4) is 0 Å². The van der Waals surface area contributed by atoms with Gasteiger partial charge in [-0.15, -0.1) is 0 Å². The van der Waals surface area contributed by atoms with Gasteiger partial charge in [0, 0.05) is 6.42 Å². The van der Waals surface area contributed by atoms with Crippen LogP contribution in [0.1, 0.15) is 18.1 Å². The van der Waals surface area contributed by atoms with Crippen LogP contribution >= 0.6 is 0 Å². The lowest BCUT2D eigenvalue weighted by Gasteiger charge is -2.21. The topological polar surface area (TPSA) is 72.5 Å². The Labute approximate surface area is 177 Å². The third-order valence-corrected chi connectivity index (χ3v) is 4.42. The van der Waals surface area contributed by atoms with E-state index in [-0.39, 0.29) is 6.10 Å². The standard InChI is InChI=1S/C23H28O7/c1-15(10-17-13-18(25-2)22(29-6)19(14-17)26-3)30-23-20(27-4)11-16(8-7-9-24)12-21(23)28-5/h7-9,11-15H,10H2,1-6H3/t15-/m0/s1. The normalized spacial score (nSPS) is 11.7. The fourth-order valence-corrected chi connectivity index (χ4v) is 3.09. The third-order valence-electron chi connectivity index (χ3n) is 4.42. The van der Waals surface area contributed by atoms with Crippen molar-refractivity contribution in [1.29, 1.82) is 0 Å². The first-order valence-corrected chi connectivity index (χ1v) is 9.34. The summed E-state index contributed by atoms with van der Waals surface area (Å²) in [4.78, 5) is 10.6. The van der Waals surface area contributed by atoms with Crippen LogP contribution in [0.4, 0.5) is 0 Å². The molecule has 0 unspecified atom stereocenters. The number of hydrogen-bond donors (Lipinski definition) is 0. The summed E-state index contributed by atoms with van der Waals surface area (Å²) < 4.78 is 33.3. The van der Waals surface area contributed by atoms with Crippen LogP contribution in [0, 0.1) is 0 Å². The fraction of sp³-hybridized carbons (Fsp3) is 0.348. The van der Waals surface area contributed by atoms with Crippen molar-refractivity contribution >= 4 is 12.4 Å².